The molecule has 2 aliphatic carbocycles. The zero-order chi connectivity index (χ0) is 10.3. The van der Waals surface area contributed by atoms with Crippen molar-refractivity contribution in [2.45, 2.75) is 53.4 Å². The maximum absolute atomic E-state index is 2.50. The van der Waals surface area contributed by atoms with E-state index in [2.05, 4.69) is 33.8 Å². The van der Waals surface area contributed by atoms with Crippen LogP contribution in [0.25, 0.3) is 0 Å². The van der Waals surface area contributed by atoms with Gasteiger partial charge < -0.3 is 0 Å². The molecule has 1 fully saturated rings. The summed E-state index contributed by atoms with van der Waals surface area (Å²) in [6.07, 6.45) is 8.09. The molecular formula is C14H24. The molecule has 0 nitrogen and oxygen atoms in total. The first-order valence-corrected chi connectivity index (χ1v) is 6.23. The van der Waals surface area contributed by atoms with E-state index in [0.29, 0.717) is 5.41 Å². The molecule has 0 heteroatoms. The van der Waals surface area contributed by atoms with Gasteiger partial charge in [0.2, 0.25) is 0 Å². The number of allylic oxidation sites excluding steroid dienone is 2. The van der Waals surface area contributed by atoms with E-state index in [1.165, 1.54) is 25.7 Å². The van der Waals surface area contributed by atoms with Crippen molar-refractivity contribution < 1.29 is 0 Å². The Morgan fingerprint density at radius 1 is 1.29 bits per heavy atom. The molecule has 0 aromatic rings. The molecule has 80 valence electrons. The van der Waals surface area contributed by atoms with Gasteiger partial charge in [0, 0.05) is 0 Å². The highest BCUT2D eigenvalue weighted by atomic mass is 14.5. The second-order valence-electron chi connectivity index (χ2n) is 5.86. The fourth-order valence-corrected chi connectivity index (χ4v) is 3.74. The van der Waals surface area contributed by atoms with Gasteiger partial charge in [0.15, 0.2) is 0 Å². The highest BCUT2D eigenvalue weighted by Gasteiger charge is 2.44. The third kappa shape index (κ3) is 1.34. The summed E-state index contributed by atoms with van der Waals surface area (Å²) in [6.45, 7) is 9.78. The van der Waals surface area contributed by atoms with E-state index >= 15 is 0 Å². The van der Waals surface area contributed by atoms with Gasteiger partial charge in [-0.05, 0) is 55.8 Å². The molecule has 0 heterocycles. The molecule has 0 aromatic carbocycles. The fourth-order valence-electron chi connectivity index (χ4n) is 3.74. The molecule has 0 N–H and O–H groups in total. The molecular weight excluding hydrogens is 168 g/mol. The number of rotatable bonds is 0. The Morgan fingerprint density at radius 3 is 2.71 bits per heavy atom. The Hall–Kier alpha value is -0.260. The molecule has 0 aliphatic heterocycles. The Labute approximate surface area is 88.8 Å². The second-order valence-corrected chi connectivity index (χ2v) is 5.86. The average Bonchev–Trinajstić information content (AvgIpc) is 2.16. The summed E-state index contributed by atoms with van der Waals surface area (Å²) in [5, 5.41) is 0. The first kappa shape index (κ1) is 10.3. The minimum absolute atomic E-state index is 0.546. The maximum Gasteiger partial charge on any atom is -0.00881 e. The van der Waals surface area contributed by atoms with Crippen molar-refractivity contribution in [2.24, 2.45) is 23.2 Å². The lowest BCUT2D eigenvalue weighted by Gasteiger charge is -2.51. The molecule has 4 atom stereocenters. The third-order valence-electron chi connectivity index (χ3n) is 5.30. The summed E-state index contributed by atoms with van der Waals surface area (Å²) in [7, 11) is 0. The van der Waals surface area contributed by atoms with E-state index < -0.39 is 0 Å². The van der Waals surface area contributed by atoms with E-state index in [4.69, 9.17) is 0 Å². The monoisotopic (exact) mass is 192 g/mol. The molecule has 2 aliphatic rings. The Bertz CT molecular complexity index is 251. The summed E-state index contributed by atoms with van der Waals surface area (Å²) < 4.78 is 0. The normalized spacial score (nSPS) is 48.3. The molecule has 2 unspecified atom stereocenters. The SMILES string of the molecule is CC1=CCCC2[C@@H](C)C(C)CC[C@]12C. The van der Waals surface area contributed by atoms with Crippen molar-refractivity contribution in [3.8, 4) is 0 Å². The first-order chi connectivity index (χ1) is 6.55. The van der Waals surface area contributed by atoms with E-state index in [1.807, 2.05) is 0 Å². The molecule has 1 saturated carbocycles. The average molecular weight is 192 g/mol. The van der Waals surface area contributed by atoms with Crippen molar-refractivity contribution in [3.63, 3.8) is 0 Å². The maximum atomic E-state index is 2.50. The van der Waals surface area contributed by atoms with E-state index in [9.17, 15) is 0 Å². The van der Waals surface area contributed by atoms with Gasteiger partial charge in [-0.25, -0.2) is 0 Å². The molecule has 14 heavy (non-hydrogen) atoms. The van der Waals surface area contributed by atoms with Crippen LogP contribution in [0, 0.1) is 23.2 Å². The summed E-state index contributed by atoms with van der Waals surface area (Å²) in [6, 6.07) is 0. The second kappa shape index (κ2) is 3.40. The van der Waals surface area contributed by atoms with Crippen molar-refractivity contribution in [3.05, 3.63) is 11.6 Å². The van der Waals surface area contributed by atoms with Crippen LogP contribution in [0.2, 0.25) is 0 Å². The predicted octanol–water partition coefficient (Wildman–Crippen LogP) is 4.42. The molecule has 0 radical (unpaired) electrons. The Balaban J connectivity index is 2.29. The third-order valence-corrected chi connectivity index (χ3v) is 5.30. The largest absolute Gasteiger partial charge is 0.0850 e. The Morgan fingerprint density at radius 2 is 2.00 bits per heavy atom. The Kier molecular flexibility index (Phi) is 2.49. The van der Waals surface area contributed by atoms with Crippen LogP contribution < -0.4 is 0 Å². The lowest BCUT2D eigenvalue weighted by molar-refractivity contribution is 0.0459. The van der Waals surface area contributed by atoms with Crippen molar-refractivity contribution in [1.82, 2.24) is 0 Å². The zero-order valence-corrected chi connectivity index (χ0v) is 10.1. The molecule has 0 spiro atoms. The minimum Gasteiger partial charge on any atom is -0.0850 e. The van der Waals surface area contributed by atoms with E-state index in [-0.39, 0.29) is 0 Å². The predicted molar refractivity (Wildman–Crippen MR) is 62.2 cm³/mol. The zero-order valence-electron chi connectivity index (χ0n) is 10.1. The molecule has 0 bridgehead atoms. The van der Waals surface area contributed by atoms with Gasteiger partial charge >= 0.3 is 0 Å². The lowest BCUT2D eigenvalue weighted by Crippen LogP contribution is -2.41. The van der Waals surface area contributed by atoms with E-state index in [0.717, 1.165) is 17.8 Å². The van der Waals surface area contributed by atoms with Gasteiger partial charge in [0.1, 0.15) is 0 Å². The fraction of sp³-hybridized carbons (Fsp3) is 0.857. The molecule has 2 rings (SSSR count). The van der Waals surface area contributed by atoms with Crippen molar-refractivity contribution in [1.29, 1.82) is 0 Å². The van der Waals surface area contributed by atoms with E-state index in [1.54, 1.807) is 5.57 Å². The van der Waals surface area contributed by atoms with Gasteiger partial charge in [-0.15, -0.1) is 0 Å². The van der Waals surface area contributed by atoms with Crippen LogP contribution in [0.1, 0.15) is 53.4 Å². The van der Waals surface area contributed by atoms with Gasteiger partial charge in [-0.1, -0.05) is 32.4 Å². The standard InChI is InChI=1S/C14H24/c1-10-8-9-14(4)11(2)6-5-7-13(14)12(10)3/h6,10,12-13H,5,7-9H2,1-4H3/t10?,12-,13?,14+/m0/s1. The smallest absolute Gasteiger partial charge is 0.00881 e. The number of fused-ring (bicyclic) bond motifs is 1. The molecule has 0 amide bonds. The lowest BCUT2D eigenvalue weighted by atomic mass is 9.54. The van der Waals surface area contributed by atoms with Gasteiger partial charge in [-0.3, -0.25) is 0 Å². The minimum atomic E-state index is 0.546. The van der Waals surface area contributed by atoms with Gasteiger partial charge in [0.25, 0.3) is 0 Å². The summed E-state index contributed by atoms with van der Waals surface area (Å²) >= 11 is 0. The van der Waals surface area contributed by atoms with Gasteiger partial charge in [-0.2, -0.15) is 0 Å². The van der Waals surface area contributed by atoms with Crippen molar-refractivity contribution in [2.75, 3.05) is 0 Å². The highest BCUT2D eigenvalue weighted by molar-refractivity contribution is 5.18. The number of hydrogen-bond acceptors (Lipinski definition) is 0. The van der Waals surface area contributed by atoms with Gasteiger partial charge in [0.05, 0.1) is 0 Å². The van der Waals surface area contributed by atoms with Crippen LogP contribution in [-0.2, 0) is 0 Å². The highest BCUT2D eigenvalue weighted by Crippen LogP contribution is 2.54. The number of hydrogen-bond donors (Lipinski definition) is 0. The van der Waals surface area contributed by atoms with Crippen molar-refractivity contribution >= 4 is 0 Å². The first-order valence-electron chi connectivity index (χ1n) is 6.23. The summed E-state index contributed by atoms with van der Waals surface area (Å²) in [5.41, 5.74) is 2.22. The summed E-state index contributed by atoms with van der Waals surface area (Å²) in [4.78, 5) is 0. The van der Waals surface area contributed by atoms with Crippen LogP contribution in [0.15, 0.2) is 11.6 Å². The molecule has 0 aromatic heterocycles. The van der Waals surface area contributed by atoms with Crippen LogP contribution >= 0.6 is 0 Å². The van der Waals surface area contributed by atoms with Crippen LogP contribution in [0.5, 0.6) is 0 Å². The van der Waals surface area contributed by atoms with Crippen LogP contribution in [0.3, 0.4) is 0 Å². The molecule has 0 saturated heterocycles. The quantitative estimate of drug-likeness (QED) is 0.499. The van der Waals surface area contributed by atoms with Crippen LogP contribution in [0.4, 0.5) is 0 Å². The van der Waals surface area contributed by atoms with Crippen LogP contribution in [-0.4, -0.2) is 0 Å². The summed E-state index contributed by atoms with van der Waals surface area (Å²) in [5.74, 6) is 2.83. The topological polar surface area (TPSA) is 0 Å².